The summed E-state index contributed by atoms with van der Waals surface area (Å²) >= 11 is 0. The number of likely N-dealkylation sites (N-methyl/N-ethyl adjacent to an activating group) is 1. The summed E-state index contributed by atoms with van der Waals surface area (Å²) < 4.78 is 10.4. The molecule has 0 bridgehead atoms. The largest absolute Gasteiger partial charge is 0.502 e. The molecule has 1 aliphatic rings. The van der Waals surface area contributed by atoms with E-state index in [1.54, 1.807) is 14.2 Å². The van der Waals surface area contributed by atoms with Gasteiger partial charge in [-0.25, -0.2) is 0 Å². The number of phenols is 1. The van der Waals surface area contributed by atoms with E-state index in [4.69, 9.17) is 9.47 Å². The minimum Gasteiger partial charge on any atom is -0.502 e. The minimum absolute atomic E-state index is 0.0542. The molecule has 5 heteroatoms. The summed E-state index contributed by atoms with van der Waals surface area (Å²) in [6.07, 6.45) is 2.45. The maximum atomic E-state index is 9.92. The standard InChI is InChI=1S/C16H26N2O3/c1-4-18-7-5-6-13(11-18)17-10-12-8-14(20-2)16(19)15(9-12)21-3/h8-9,13,17,19H,4-7,10-11H2,1-3H3. The van der Waals surface area contributed by atoms with Gasteiger partial charge < -0.3 is 24.8 Å². The Hall–Kier alpha value is -1.46. The number of benzene rings is 1. The second kappa shape index (κ2) is 7.52. The minimum atomic E-state index is 0.0542. The summed E-state index contributed by atoms with van der Waals surface area (Å²) in [4.78, 5) is 2.47. The summed E-state index contributed by atoms with van der Waals surface area (Å²) in [6.45, 7) is 6.37. The van der Waals surface area contributed by atoms with Crippen molar-refractivity contribution in [2.75, 3.05) is 33.9 Å². The molecule has 5 nitrogen and oxygen atoms in total. The van der Waals surface area contributed by atoms with Crippen LogP contribution in [0.3, 0.4) is 0 Å². The van der Waals surface area contributed by atoms with E-state index < -0.39 is 0 Å². The van der Waals surface area contributed by atoms with Crippen molar-refractivity contribution in [2.45, 2.75) is 32.4 Å². The first-order valence-corrected chi connectivity index (χ1v) is 7.57. The predicted octanol–water partition coefficient (Wildman–Crippen LogP) is 1.98. The number of ether oxygens (including phenoxy) is 2. The Morgan fingerprint density at radius 2 is 1.95 bits per heavy atom. The first kappa shape index (κ1) is 15.9. The first-order valence-electron chi connectivity index (χ1n) is 7.57. The monoisotopic (exact) mass is 294 g/mol. The van der Waals surface area contributed by atoms with Gasteiger partial charge in [-0.2, -0.15) is 0 Å². The third-order valence-electron chi connectivity index (χ3n) is 4.09. The Labute approximate surface area is 126 Å². The van der Waals surface area contributed by atoms with E-state index in [9.17, 15) is 5.11 Å². The maximum Gasteiger partial charge on any atom is 0.200 e. The molecule has 0 aliphatic carbocycles. The third kappa shape index (κ3) is 4.02. The molecular weight excluding hydrogens is 268 g/mol. The molecule has 1 saturated heterocycles. The zero-order valence-electron chi connectivity index (χ0n) is 13.2. The van der Waals surface area contributed by atoms with Gasteiger partial charge in [0.2, 0.25) is 5.75 Å². The zero-order valence-corrected chi connectivity index (χ0v) is 13.2. The average molecular weight is 294 g/mol. The molecule has 1 aliphatic heterocycles. The Bertz CT molecular complexity index is 440. The molecule has 0 aromatic heterocycles. The Kier molecular flexibility index (Phi) is 5.70. The molecule has 2 N–H and O–H groups in total. The highest BCUT2D eigenvalue weighted by Crippen LogP contribution is 2.37. The van der Waals surface area contributed by atoms with Crippen molar-refractivity contribution in [1.82, 2.24) is 10.2 Å². The number of nitrogens with one attached hydrogen (secondary N) is 1. The third-order valence-corrected chi connectivity index (χ3v) is 4.09. The smallest absolute Gasteiger partial charge is 0.200 e. The van der Waals surface area contributed by atoms with E-state index in [1.807, 2.05) is 12.1 Å². The van der Waals surface area contributed by atoms with Gasteiger partial charge in [0.25, 0.3) is 0 Å². The predicted molar refractivity (Wildman–Crippen MR) is 83.2 cm³/mol. The summed E-state index contributed by atoms with van der Waals surface area (Å²) in [6, 6.07) is 4.22. The second-order valence-electron chi connectivity index (χ2n) is 5.46. The summed E-state index contributed by atoms with van der Waals surface area (Å²) in [7, 11) is 3.10. The van der Waals surface area contributed by atoms with Gasteiger partial charge in [0, 0.05) is 19.1 Å². The van der Waals surface area contributed by atoms with Gasteiger partial charge >= 0.3 is 0 Å². The van der Waals surface area contributed by atoms with E-state index in [1.165, 1.54) is 19.4 Å². The molecule has 0 amide bonds. The highest BCUT2D eigenvalue weighted by atomic mass is 16.5. The molecule has 1 aromatic carbocycles. The van der Waals surface area contributed by atoms with Gasteiger partial charge in [-0.05, 0) is 43.6 Å². The molecule has 1 aromatic rings. The lowest BCUT2D eigenvalue weighted by molar-refractivity contribution is 0.198. The van der Waals surface area contributed by atoms with E-state index >= 15 is 0 Å². The Morgan fingerprint density at radius 1 is 1.29 bits per heavy atom. The van der Waals surface area contributed by atoms with Crippen LogP contribution in [0.5, 0.6) is 17.2 Å². The SMILES string of the molecule is CCN1CCCC(NCc2cc(OC)c(O)c(OC)c2)C1. The van der Waals surface area contributed by atoms with Crippen molar-refractivity contribution in [3.63, 3.8) is 0 Å². The van der Waals surface area contributed by atoms with Crippen molar-refractivity contribution in [3.05, 3.63) is 17.7 Å². The molecule has 2 rings (SSSR count). The number of rotatable bonds is 6. The molecule has 1 unspecified atom stereocenters. The van der Waals surface area contributed by atoms with Crippen molar-refractivity contribution >= 4 is 0 Å². The molecule has 0 radical (unpaired) electrons. The summed E-state index contributed by atoms with van der Waals surface area (Å²) in [5, 5.41) is 13.5. The van der Waals surface area contributed by atoms with Crippen LogP contribution >= 0.6 is 0 Å². The van der Waals surface area contributed by atoms with E-state index in [-0.39, 0.29) is 5.75 Å². The first-order chi connectivity index (χ1) is 10.2. The number of hydrogen-bond donors (Lipinski definition) is 2. The normalized spacial score (nSPS) is 19.5. The number of nitrogens with zero attached hydrogens (tertiary/aromatic N) is 1. The number of hydrogen-bond acceptors (Lipinski definition) is 5. The van der Waals surface area contributed by atoms with Crippen LogP contribution in [0.2, 0.25) is 0 Å². The second-order valence-corrected chi connectivity index (χ2v) is 5.46. The van der Waals surface area contributed by atoms with Crippen molar-refractivity contribution in [2.24, 2.45) is 0 Å². The number of methoxy groups -OCH3 is 2. The van der Waals surface area contributed by atoms with Crippen LogP contribution in [0.25, 0.3) is 0 Å². The Balaban J connectivity index is 1.99. The molecule has 1 atom stereocenters. The van der Waals surface area contributed by atoms with Crippen LogP contribution in [0.4, 0.5) is 0 Å². The van der Waals surface area contributed by atoms with E-state index in [0.29, 0.717) is 17.5 Å². The molecule has 0 saturated carbocycles. The van der Waals surface area contributed by atoms with Crippen LogP contribution < -0.4 is 14.8 Å². The van der Waals surface area contributed by atoms with Crippen LogP contribution in [0, 0.1) is 0 Å². The number of phenolic OH excluding ortho intramolecular Hbond substituents is 1. The average Bonchev–Trinajstić information content (AvgIpc) is 2.54. The number of piperidine rings is 1. The number of likely N-dealkylation sites (tertiary alicyclic amines) is 1. The lowest BCUT2D eigenvalue weighted by Gasteiger charge is -2.32. The quantitative estimate of drug-likeness (QED) is 0.840. The van der Waals surface area contributed by atoms with Gasteiger partial charge in [0.15, 0.2) is 11.5 Å². The lowest BCUT2D eigenvalue weighted by atomic mass is 10.1. The molecular formula is C16H26N2O3. The van der Waals surface area contributed by atoms with Crippen LogP contribution in [-0.2, 0) is 6.54 Å². The fraction of sp³-hybridized carbons (Fsp3) is 0.625. The van der Waals surface area contributed by atoms with Gasteiger partial charge in [-0.1, -0.05) is 6.92 Å². The summed E-state index contributed by atoms with van der Waals surface area (Å²) in [5.74, 6) is 0.952. The van der Waals surface area contributed by atoms with Crippen molar-refractivity contribution in [1.29, 1.82) is 0 Å². The van der Waals surface area contributed by atoms with Gasteiger partial charge in [0.05, 0.1) is 14.2 Å². The maximum absolute atomic E-state index is 9.92. The topological polar surface area (TPSA) is 54.0 Å². The van der Waals surface area contributed by atoms with E-state index in [2.05, 4.69) is 17.1 Å². The van der Waals surface area contributed by atoms with Crippen LogP contribution in [0.15, 0.2) is 12.1 Å². The van der Waals surface area contributed by atoms with Crippen LogP contribution in [-0.4, -0.2) is 49.9 Å². The highest BCUT2D eigenvalue weighted by molar-refractivity contribution is 5.52. The lowest BCUT2D eigenvalue weighted by Crippen LogP contribution is -2.45. The fourth-order valence-corrected chi connectivity index (χ4v) is 2.82. The van der Waals surface area contributed by atoms with Crippen molar-refractivity contribution in [3.8, 4) is 17.2 Å². The Morgan fingerprint density at radius 3 is 2.52 bits per heavy atom. The number of aromatic hydroxyl groups is 1. The van der Waals surface area contributed by atoms with Crippen molar-refractivity contribution < 1.29 is 14.6 Å². The fourth-order valence-electron chi connectivity index (χ4n) is 2.82. The summed E-state index contributed by atoms with van der Waals surface area (Å²) in [5.41, 5.74) is 1.05. The highest BCUT2D eigenvalue weighted by Gasteiger charge is 2.18. The van der Waals surface area contributed by atoms with Gasteiger partial charge in [0.1, 0.15) is 0 Å². The van der Waals surface area contributed by atoms with E-state index in [0.717, 1.165) is 25.2 Å². The molecule has 1 heterocycles. The molecule has 21 heavy (non-hydrogen) atoms. The zero-order chi connectivity index (χ0) is 15.2. The van der Waals surface area contributed by atoms with Gasteiger partial charge in [-0.3, -0.25) is 0 Å². The van der Waals surface area contributed by atoms with Crippen LogP contribution in [0.1, 0.15) is 25.3 Å². The van der Waals surface area contributed by atoms with Gasteiger partial charge in [-0.15, -0.1) is 0 Å². The molecule has 1 fully saturated rings. The molecule has 118 valence electrons. The molecule has 0 spiro atoms.